The summed E-state index contributed by atoms with van der Waals surface area (Å²) < 4.78 is 1.04. The van der Waals surface area contributed by atoms with Gasteiger partial charge in [-0.2, -0.15) is 5.10 Å². The van der Waals surface area contributed by atoms with E-state index in [9.17, 15) is 9.59 Å². The fourth-order valence-corrected chi connectivity index (χ4v) is 1.91. The van der Waals surface area contributed by atoms with Gasteiger partial charge in [-0.25, -0.2) is 4.68 Å². The van der Waals surface area contributed by atoms with E-state index in [0.717, 1.165) is 15.8 Å². The highest BCUT2D eigenvalue weighted by Crippen LogP contribution is 2.03. The van der Waals surface area contributed by atoms with Gasteiger partial charge in [0.15, 0.2) is 0 Å². The summed E-state index contributed by atoms with van der Waals surface area (Å²) in [5.41, 5.74) is 1.77. The zero-order valence-electron chi connectivity index (χ0n) is 11.0. The molecule has 104 valence electrons. The fourth-order valence-electron chi connectivity index (χ4n) is 1.75. The van der Waals surface area contributed by atoms with Gasteiger partial charge < -0.3 is 5.32 Å². The standard InChI is InChI=1S/C14H14ClN3O2/c1-10-3-2-4-11(7-10)8-16-13(19)9-18-14(20)6-5-12(15)17-18/h2-7H,8-9H2,1H3,(H,16,19). The van der Waals surface area contributed by atoms with Crippen molar-refractivity contribution in [3.05, 3.63) is 63.0 Å². The van der Waals surface area contributed by atoms with E-state index in [1.54, 1.807) is 0 Å². The first-order valence-electron chi connectivity index (χ1n) is 6.10. The van der Waals surface area contributed by atoms with Crippen LogP contribution < -0.4 is 10.9 Å². The van der Waals surface area contributed by atoms with Crippen molar-refractivity contribution in [1.82, 2.24) is 15.1 Å². The minimum absolute atomic E-state index is 0.148. The predicted molar refractivity (Wildman–Crippen MR) is 76.5 cm³/mol. The summed E-state index contributed by atoms with van der Waals surface area (Å²) in [5, 5.41) is 6.71. The zero-order chi connectivity index (χ0) is 14.5. The van der Waals surface area contributed by atoms with Gasteiger partial charge >= 0.3 is 0 Å². The molecule has 0 radical (unpaired) electrons. The Balaban J connectivity index is 1.96. The second-order valence-corrected chi connectivity index (χ2v) is 4.80. The molecule has 2 aromatic rings. The molecule has 6 heteroatoms. The van der Waals surface area contributed by atoms with E-state index in [0.29, 0.717) is 6.54 Å². The van der Waals surface area contributed by atoms with Gasteiger partial charge in [-0.1, -0.05) is 41.4 Å². The van der Waals surface area contributed by atoms with Crippen LogP contribution in [0.25, 0.3) is 0 Å². The van der Waals surface area contributed by atoms with Crippen molar-refractivity contribution < 1.29 is 4.79 Å². The normalized spacial score (nSPS) is 10.3. The minimum atomic E-state index is -0.361. The summed E-state index contributed by atoms with van der Waals surface area (Å²) in [4.78, 5) is 23.3. The minimum Gasteiger partial charge on any atom is -0.350 e. The Morgan fingerprint density at radius 1 is 1.35 bits per heavy atom. The SMILES string of the molecule is Cc1cccc(CNC(=O)Cn2nc(Cl)ccc2=O)c1. The van der Waals surface area contributed by atoms with Crippen LogP contribution in [0.3, 0.4) is 0 Å². The lowest BCUT2D eigenvalue weighted by molar-refractivity contribution is -0.122. The van der Waals surface area contributed by atoms with Gasteiger partial charge in [0.1, 0.15) is 11.7 Å². The average molecular weight is 292 g/mol. The van der Waals surface area contributed by atoms with Crippen molar-refractivity contribution >= 4 is 17.5 Å². The third kappa shape index (κ3) is 3.93. The lowest BCUT2D eigenvalue weighted by Gasteiger charge is -2.07. The van der Waals surface area contributed by atoms with E-state index >= 15 is 0 Å². The van der Waals surface area contributed by atoms with Crippen molar-refractivity contribution in [1.29, 1.82) is 0 Å². The Bertz CT molecular complexity index is 682. The number of nitrogens with one attached hydrogen (secondary N) is 1. The third-order valence-corrected chi connectivity index (χ3v) is 2.90. The Kier molecular flexibility index (Phi) is 4.53. The van der Waals surface area contributed by atoms with Crippen LogP contribution >= 0.6 is 11.6 Å². The summed E-state index contributed by atoms with van der Waals surface area (Å²) in [5.74, 6) is -0.289. The number of rotatable bonds is 4. The molecule has 0 aliphatic rings. The van der Waals surface area contributed by atoms with Gasteiger partial charge in [0.25, 0.3) is 5.56 Å². The summed E-state index contributed by atoms with van der Waals surface area (Å²) >= 11 is 5.69. The van der Waals surface area contributed by atoms with E-state index in [2.05, 4.69) is 10.4 Å². The van der Waals surface area contributed by atoms with Crippen LogP contribution in [-0.4, -0.2) is 15.7 Å². The summed E-state index contributed by atoms with van der Waals surface area (Å²) in [6, 6.07) is 10.5. The number of hydrogen-bond donors (Lipinski definition) is 1. The number of carbonyl (C=O) groups is 1. The molecule has 0 saturated carbocycles. The van der Waals surface area contributed by atoms with Crippen molar-refractivity contribution in [2.75, 3.05) is 0 Å². The van der Waals surface area contributed by atoms with Crippen LogP contribution in [0.4, 0.5) is 0 Å². The first-order valence-corrected chi connectivity index (χ1v) is 6.48. The van der Waals surface area contributed by atoms with Crippen molar-refractivity contribution in [3.63, 3.8) is 0 Å². The topological polar surface area (TPSA) is 64.0 Å². The molecule has 20 heavy (non-hydrogen) atoms. The molecule has 0 aliphatic heterocycles. The van der Waals surface area contributed by atoms with Crippen LogP contribution in [0, 0.1) is 6.92 Å². The number of aromatic nitrogens is 2. The van der Waals surface area contributed by atoms with E-state index in [4.69, 9.17) is 11.6 Å². The summed E-state index contributed by atoms with van der Waals surface area (Å²) in [6.45, 7) is 2.25. The van der Waals surface area contributed by atoms with Crippen LogP contribution in [0.15, 0.2) is 41.2 Å². The maximum atomic E-state index is 11.8. The highest BCUT2D eigenvalue weighted by Gasteiger charge is 2.06. The summed E-state index contributed by atoms with van der Waals surface area (Å²) in [6.07, 6.45) is 0. The molecular formula is C14H14ClN3O2. The molecule has 1 aromatic heterocycles. The number of benzene rings is 1. The molecule has 5 nitrogen and oxygen atoms in total. The number of amides is 1. The van der Waals surface area contributed by atoms with Gasteiger partial charge in [-0.3, -0.25) is 9.59 Å². The maximum Gasteiger partial charge on any atom is 0.267 e. The Hall–Kier alpha value is -2.14. The average Bonchev–Trinajstić information content (AvgIpc) is 2.41. The second kappa shape index (κ2) is 6.34. The Morgan fingerprint density at radius 2 is 2.15 bits per heavy atom. The maximum absolute atomic E-state index is 11.8. The molecular weight excluding hydrogens is 278 g/mol. The van der Waals surface area contributed by atoms with Crippen molar-refractivity contribution in [2.24, 2.45) is 0 Å². The molecule has 1 amide bonds. The number of halogens is 1. The van der Waals surface area contributed by atoms with Crippen LogP contribution in [0.2, 0.25) is 5.15 Å². The monoisotopic (exact) mass is 291 g/mol. The molecule has 0 spiro atoms. The quantitative estimate of drug-likeness (QED) is 0.929. The largest absolute Gasteiger partial charge is 0.350 e. The first-order chi connectivity index (χ1) is 9.54. The van der Waals surface area contributed by atoms with Gasteiger partial charge in [0.2, 0.25) is 5.91 Å². The number of nitrogens with zero attached hydrogens (tertiary/aromatic N) is 2. The van der Waals surface area contributed by atoms with Gasteiger partial charge in [-0.05, 0) is 18.6 Å². The van der Waals surface area contributed by atoms with Crippen LogP contribution in [0.1, 0.15) is 11.1 Å². The first kappa shape index (κ1) is 14.3. The number of aryl methyl sites for hydroxylation is 1. The predicted octanol–water partition coefficient (Wildman–Crippen LogP) is 1.52. The smallest absolute Gasteiger partial charge is 0.267 e. The zero-order valence-corrected chi connectivity index (χ0v) is 11.7. The lowest BCUT2D eigenvalue weighted by Crippen LogP contribution is -2.33. The fraction of sp³-hybridized carbons (Fsp3) is 0.214. The Morgan fingerprint density at radius 3 is 2.90 bits per heavy atom. The molecule has 2 rings (SSSR count). The van der Waals surface area contributed by atoms with Crippen molar-refractivity contribution in [2.45, 2.75) is 20.0 Å². The number of carbonyl (C=O) groups excluding carboxylic acids is 1. The van der Waals surface area contributed by atoms with E-state index in [1.165, 1.54) is 12.1 Å². The van der Waals surface area contributed by atoms with E-state index in [-0.39, 0.29) is 23.2 Å². The molecule has 1 heterocycles. The van der Waals surface area contributed by atoms with Gasteiger partial charge in [0.05, 0.1) is 0 Å². The Labute approximate surface area is 121 Å². The molecule has 0 fully saturated rings. The van der Waals surface area contributed by atoms with E-state index in [1.807, 2.05) is 31.2 Å². The van der Waals surface area contributed by atoms with Gasteiger partial charge in [-0.15, -0.1) is 0 Å². The number of hydrogen-bond acceptors (Lipinski definition) is 3. The molecule has 0 aliphatic carbocycles. The molecule has 1 N–H and O–H groups in total. The molecule has 0 atom stereocenters. The highest BCUT2D eigenvalue weighted by molar-refractivity contribution is 6.29. The van der Waals surface area contributed by atoms with Gasteiger partial charge in [0, 0.05) is 12.6 Å². The van der Waals surface area contributed by atoms with E-state index < -0.39 is 0 Å². The molecule has 0 bridgehead atoms. The third-order valence-electron chi connectivity index (χ3n) is 2.70. The molecule has 0 unspecified atom stereocenters. The lowest BCUT2D eigenvalue weighted by atomic mass is 10.1. The molecule has 1 aromatic carbocycles. The second-order valence-electron chi connectivity index (χ2n) is 4.42. The van der Waals surface area contributed by atoms with Crippen molar-refractivity contribution in [3.8, 4) is 0 Å². The van der Waals surface area contributed by atoms with Crippen LogP contribution in [0.5, 0.6) is 0 Å². The highest BCUT2D eigenvalue weighted by atomic mass is 35.5. The molecule has 0 saturated heterocycles. The summed E-state index contributed by atoms with van der Waals surface area (Å²) in [7, 11) is 0. The van der Waals surface area contributed by atoms with Crippen LogP contribution in [-0.2, 0) is 17.9 Å².